The summed E-state index contributed by atoms with van der Waals surface area (Å²) >= 11 is -1.58. The maximum atomic E-state index is 9.20. The quantitative estimate of drug-likeness (QED) is 0.310. The van der Waals surface area contributed by atoms with Crippen molar-refractivity contribution in [2.45, 2.75) is 0 Å². The molecule has 68 valence electrons. The van der Waals surface area contributed by atoms with Crippen molar-refractivity contribution in [2.75, 3.05) is 0 Å². The first kappa shape index (κ1) is 22.5. The van der Waals surface area contributed by atoms with Gasteiger partial charge in [0.2, 0.25) is 0 Å². The van der Waals surface area contributed by atoms with Gasteiger partial charge in [-0.15, -0.1) is 0 Å². The predicted octanol–water partition coefficient (Wildman–Crippen LogP) is -3.22. The second-order valence-electron chi connectivity index (χ2n) is 0.443. The van der Waals surface area contributed by atoms with E-state index in [1.807, 2.05) is 0 Å². The van der Waals surface area contributed by atoms with Crippen molar-refractivity contribution in [1.29, 1.82) is 0 Å². The van der Waals surface area contributed by atoms with Crippen molar-refractivity contribution in [3.8, 4) is 0 Å². The van der Waals surface area contributed by atoms with Crippen LogP contribution in [0.2, 0.25) is 0 Å². The maximum absolute atomic E-state index is 9.20. The average molecular weight is 312 g/mol. The number of nitrogens with zero attached hydrogens (tertiary/aromatic N) is 2. The van der Waals surface area contributed by atoms with Crippen LogP contribution >= 0.6 is 0 Å². The van der Waals surface area contributed by atoms with E-state index in [1.165, 1.54) is 0 Å². The predicted molar refractivity (Wildman–Crippen MR) is 24.0 cm³/mol. The molecule has 0 saturated heterocycles. The van der Waals surface area contributed by atoms with Crippen LogP contribution < -0.4 is 29.3 Å². The van der Waals surface area contributed by atoms with E-state index < -0.39 is 25.6 Å². The fraction of sp³-hybridized carbons (Fsp3) is 0. The molecule has 0 radical (unpaired) electrons. The monoisotopic (exact) mass is 311 g/mol. The minimum absolute atomic E-state index is 0. The molecule has 10 heteroatoms. The summed E-state index contributed by atoms with van der Waals surface area (Å²) in [6, 6.07) is 0. The summed E-state index contributed by atoms with van der Waals surface area (Å²) in [5.74, 6) is 0. The molecule has 0 aliphatic rings. The molecule has 0 amide bonds. The normalized spacial score (nSPS) is 6.00. The molecule has 0 bridgehead atoms. The van der Waals surface area contributed by atoms with Crippen LogP contribution in [0.5, 0.6) is 0 Å². The van der Waals surface area contributed by atoms with Crippen molar-refractivity contribution in [1.82, 2.24) is 12.3 Å². The molecule has 0 aromatic carbocycles. The van der Waals surface area contributed by atoms with Gasteiger partial charge in [0, 0.05) is 0 Å². The third kappa shape index (κ3) is 24.8. The van der Waals surface area contributed by atoms with Gasteiger partial charge in [0.15, 0.2) is 0 Å². The molecule has 0 saturated carbocycles. The molecule has 0 aromatic rings. The SMILES string of the molecule is N.N.O=[N+]([O-])[Pd][N+](=O)[O-].[Br-]. The van der Waals surface area contributed by atoms with E-state index in [2.05, 4.69) is 0 Å². The van der Waals surface area contributed by atoms with Crippen LogP contribution in [-0.4, -0.2) is 7.11 Å². The van der Waals surface area contributed by atoms with Crippen LogP contribution in [0.3, 0.4) is 0 Å². The molecule has 0 unspecified atom stereocenters. The summed E-state index contributed by atoms with van der Waals surface area (Å²) in [5.41, 5.74) is 0. The molecule has 10 heavy (non-hydrogen) atoms. The van der Waals surface area contributed by atoms with Gasteiger partial charge in [0.25, 0.3) is 0 Å². The fourth-order valence-electron chi connectivity index (χ4n) is 0.0422. The number of hydrogen-bond acceptors (Lipinski definition) is 6. The van der Waals surface area contributed by atoms with Crippen LogP contribution in [0.15, 0.2) is 0 Å². The van der Waals surface area contributed by atoms with Crippen LogP contribution in [0.4, 0.5) is 0 Å². The topological polar surface area (TPSA) is 156 Å². The van der Waals surface area contributed by atoms with E-state index in [-0.39, 0.29) is 29.3 Å². The summed E-state index contributed by atoms with van der Waals surface area (Å²) in [4.78, 5) is 18.4. The second-order valence-corrected chi connectivity index (χ2v) is 1.89. The van der Waals surface area contributed by atoms with Gasteiger partial charge in [0.1, 0.15) is 0 Å². The third-order valence-electron chi connectivity index (χ3n) is 0.103. The van der Waals surface area contributed by atoms with E-state index >= 15 is 0 Å². The Kier molecular flexibility index (Phi) is 26.2. The Labute approximate surface area is 75.3 Å². The van der Waals surface area contributed by atoms with Gasteiger partial charge < -0.3 is 29.3 Å². The van der Waals surface area contributed by atoms with Gasteiger partial charge in [-0.2, -0.15) is 0 Å². The Bertz CT molecular complexity index is 93.4. The summed E-state index contributed by atoms with van der Waals surface area (Å²) in [6.45, 7) is 0. The number of hydrogen-bond donors (Lipinski definition) is 2. The Balaban J connectivity index is -0.0000000600. The first-order valence-electron chi connectivity index (χ1n) is 1.01. The molecule has 0 heterocycles. The van der Waals surface area contributed by atoms with E-state index in [0.29, 0.717) is 0 Å². The van der Waals surface area contributed by atoms with Gasteiger partial charge in [-0.1, -0.05) is 0 Å². The van der Waals surface area contributed by atoms with Crippen molar-refractivity contribution in [3.63, 3.8) is 0 Å². The van der Waals surface area contributed by atoms with Gasteiger partial charge in [-0.3, -0.25) is 0 Å². The summed E-state index contributed by atoms with van der Waals surface area (Å²) in [5, 5.41) is 18.4. The van der Waals surface area contributed by atoms with Crippen molar-refractivity contribution in [2.24, 2.45) is 0 Å². The summed E-state index contributed by atoms with van der Waals surface area (Å²) in [6.07, 6.45) is 0. The van der Waals surface area contributed by atoms with Gasteiger partial charge >= 0.3 is 45.8 Å². The molecular weight excluding hydrogens is 306 g/mol. The van der Waals surface area contributed by atoms with E-state index in [9.17, 15) is 20.2 Å². The molecule has 0 aromatic heterocycles. The molecule has 0 aliphatic heterocycles. The molecular formula is H6BrN4O4Pd-. The Morgan fingerprint density at radius 1 is 1.00 bits per heavy atom. The standard InChI is InChI=1S/BrH.2NO2.2H3N.Pd/c;2*2-1-3;;;/h1H;;;2*1H3;/p-1. The van der Waals surface area contributed by atoms with Crippen LogP contribution in [0, 0.1) is 20.2 Å². The van der Waals surface area contributed by atoms with Crippen LogP contribution in [-0.2, 0) is 18.5 Å². The zero-order valence-corrected chi connectivity index (χ0v) is 7.78. The zero-order chi connectivity index (χ0) is 5.86. The third-order valence-corrected chi connectivity index (χ3v) is 0.611. The molecule has 0 aliphatic carbocycles. The number of rotatable bonds is 2. The van der Waals surface area contributed by atoms with Crippen LogP contribution in [0.25, 0.3) is 0 Å². The first-order chi connectivity index (χ1) is 3.13. The fourth-order valence-corrected chi connectivity index (χ4v) is 0.249. The Morgan fingerprint density at radius 3 is 1.20 bits per heavy atom. The average Bonchev–Trinajstić information content (AvgIpc) is 1.27. The minimum atomic E-state index is -1.58. The van der Waals surface area contributed by atoms with Crippen molar-refractivity contribution >= 4 is 0 Å². The van der Waals surface area contributed by atoms with Crippen molar-refractivity contribution < 1.29 is 42.6 Å². The minimum Gasteiger partial charge on any atom is -1.00 e. The zero-order valence-electron chi connectivity index (χ0n) is 4.64. The molecule has 0 atom stereocenters. The molecule has 0 fully saturated rings. The first-order valence-corrected chi connectivity index (χ1v) is 2.40. The molecule has 0 spiro atoms. The van der Waals surface area contributed by atoms with Gasteiger partial charge in [-0.05, 0) is 0 Å². The molecule has 8 nitrogen and oxygen atoms in total. The van der Waals surface area contributed by atoms with E-state index in [4.69, 9.17) is 0 Å². The Hall–Kier alpha value is -0.138. The van der Waals surface area contributed by atoms with E-state index in [0.717, 1.165) is 0 Å². The van der Waals surface area contributed by atoms with Gasteiger partial charge in [-0.25, -0.2) is 0 Å². The number of halogens is 1. The van der Waals surface area contributed by atoms with Crippen molar-refractivity contribution in [3.05, 3.63) is 20.2 Å². The molecule has 0 rings (SSSR count). The maximum Gasteiger partial charge on any atom is -1.00 e. The summed E-state index contributed by atoms with van der Waals surface area (Å²) in [7, 11) is 0. The number of nitro groups is 2. The summed E-state index contributed by atoms with van der Waals surface area (Å²) < 4.78 is -1.90. The second kappa shape index (κ2) is 11.6. The smallest absolute Gasteiger partial charge is 1.00 e. The van der Waals surface area contributed by atoms with E-state index in [1.54, 1.807) is 0 Å². The van der Waals surface area contributed by atoms with Gasteiger partial charge in [0.05, 0.1) is 0 Å². The molecule has 6 N–H and O–H groups in total. The Morgan fingerprint density at radius 2 is 1.20 bits per heavy atom. The largest absolute Gasteiger partial charge is 1.00 e. The van der Waals surface area contributed by atoms with Crippen LogP contribution in [0.1, 0.15) is 0 Å².